The Balaban J connectivity index is 1.59. The third kappa shape index (κ3) is 5.11. The summed E-state index contributed by atoms with van der Waals surface area (Å²) in [7, 11) is 0. The van der Waals surface area contributed by atoms with Crippen LogP contribution in [0.2, 0.25) is 0 Å². The van der Waals surface area contributed by atoms with Crippen LogP contribution in [0.15, 0.2) is 48.7 Å². The number of amides is 2. The Morgan fingerprint density at radius 2 is 2.04 bits per heavy atom. The number of carbonyl (C=O) groups excluding carboxylic acids is 2. The predicted molar refractivity (Wildman–Crippen MR) is 97.7 cm³/mol. The van der Waals surface area contributed by atoms with Gasteiger partial charge in [0.2, 0.25) is 5.91 Å². The van der Waals surface area contributed by atoms with E-state index in [9.17, 15) is 9.59 Å². The van der Waals surface area contributed by atoms with E-state index in [1.54, 1.807) is 30.5 Å². The van der Waals surface area contributed by atoms with Gasteiger partial charge < -0.3 is 20.7 Å². The van der Waals surface area contributed by atoms with Crippen molar-refractivity contribution in [3.05, 3.63) is 59.9 Å². The molecule has 1 aliphatic heterocycles. The van der Waals surface area contributed by atoms with E-state index >= 15 is 0 Å². The van der Waals surface area contributed by atoms with Crippen LogP contribution < -0.4 is 16.0 Å². The number of para-hydroxylation sites is 1. The van der Waals surface area contributed by atoms with Crippen molar-refractivity contribution in [2.75, 3.05) is 25.0 Å². The number of anilines is 1. The van der Waals surface area contributed by atoms with Crippen LogP contribution in [0.3, 0.4) is 0 Å². The summed E-state index contributed by atoms with van der Waals surface area (Å²) in [5, 5.41) is 8.83. The van der Waals surface area contributed by atoms with Crippen molar-refractivity contribution in [3.8, 4) is 0 Å². The minimum Gasteiger partial charge on any atom is -0.375 e. The van der Waals surface area contributed by atoms with Gasteiger partial charge in [-0.05, 0) is 24.3 Å². The first kappa shape index (κ1) is 18.0. The lowest BCUT2D eigenvalue weighted by atomic mass is 10.1. The zero-order valence-electron chi connectivity index (χ0n) is 14.4. The molecule has 0 bridgehead atoms. The standard InChI is InChI=1S/C19H22N4O3/c24-18(11-15-13-20-9-10-26-15)23-17-7-2-1-6-16(17)19(25)22-12-14-5-3-4-8-21-14/h1-8,15,20H,9-13H2,(H,22,25)(H,23,24)/t15-/m1/s1. The molecule has 0 aliphatic carbocycles. The summed E-state index contributed by atoms with van der Waals surface area (Å²) in [5.41, 5.74) is 1.67. The molecule has 136 valence electrons. The van der Waals surface area contributed by atoms with Crippen LogP contribution >= 0.6 is 0 Å². The van der Waals surface area contributed by atoms with Gasteiger partial charge in [0.05, 0.1) is 42.6 Å². The summed E-state index contributed by atoms with van der Waals surface area (Å²) in [6.07, 6.45) is 1.78. The van der Waals surface area contributed by atoms with Crippen LogP contribution in [0.5, 0.6) is 0 Å². The van der Waals surface area contributed by atoms with Crippen molar-refractivity contribution in [1.82, 2.24) is 15.6 Å². The number of rotatable bonds is 6. The molecule has 2 heterocycles. The van der Waals surface area contributed by atoms with Crippen molar-refractivity contribution in [2.24, 2.45) is 0 Å². The Bertz CT molecular complexity index is 745. The molecule has 1 atom stereocenters. The lowest BCUT2D eigenvalue weighted by molar-refractivity contribution is -0.119. The number of morpholine rings is 1. The average molecular weight is 354 g/mol. The largest absolute Gasteiger partial charge is 0.375 e. The maximum absolute atomic E-state index is 12.5. The zero-order valence-corrected chi connectivity index (χ0v) is 14.4. The summed E-state index contributed by atoms with van der Waals surface area (Å²) in [6, 6.07) is 12.5. The Morgan fingerprint density at radius 3 is 2.81 bits per heavy atom. The summed E-state index contributed by atoms with van der Waals surface area (Å²) >= 11 is 0. The van der Waals surface area contributed by atoms with Crippen LogP contribution in [0, 0.1) is 0 Å². The first-order valence-electron chi connectivity index (χ1n) is 8.61. The average Bonchev–Trinajstić information content (AvgIpc) is 2.68. The van der Waals surface area contributed by atoms with Gasteiger partial charge in [-0.15, -0.1) is 0 Å². The molecular weight excluding hydrogens is 332 g/mol. The minimum atomic E-state index is -0.262. The highest BCUT2D eigenvalue weighted by atomic mass is 16.5. The number of hydrogen-bond donors (Lipinski definition) is 3. The fourth-order valence-corrected chi connectivity index (χ4v) is 2.72. The van der Waals surface area contributed by atoms with Gasteiger partial charge >= 0.3 is 0 Å². The van der Waals surface area contributed by atoms with Crippen LogP contribution in [0.4, 0.5) is 5.69 Å². The molecule has 0 radical (unpaired) electrons. The molecule has 1 aliphatic rings. The second-order valence-electron chi connectivity index (χ2n) is 6.00. The highest BCUT2D eigenvalue weighted by Gasteiger charge is 2.19. The van der Waals surface area contributed by atoms with Crippen molar-refractivity contribution in [2.45, 2.75) is 19.1 Å². The number of nitrogens with one attached hydrogen (secondary N) is 3. The van der Waals surface area contributed by atoms with Gasteiger partial charge in [0.15, 0.2) is 0 Å². The molecule has 1 aromatic carbocycles. The Kier molecular flexibility index (Phi) is 6.29. The maximum atomic E-state index is 12.5. The van der Waals surface area contributed by atoms with Gasteiger partial charge in [-0.2, -0.15) is 0 Å². The van der Waals surface area contributed by atoms with Crippen molar-refractivity contribution in [1.29, 1.82) is 0 Å². The Morgan fingerprint density at radius 1 is 1.19 bits per heavy atom. The third-order valence-corrected chi connectivity index (χ3v) is 4.02. The number of carbonyl (C=O) groups is 2. The van der Waals surface area contributed by atoms with Crippen molar-refractivity contribution < 1.29 is 14.3 Å². The van der Waals surface area contributed by atoms with Crippen LogP contribution in [-0.2, 0) is 16.1 Å². The summed E-state index contributed by atoms with van der Waals surface area (Å²) in [4.78, 5) is 28.9. The lowest BCUT2D eigenvalue weighted by Gasteiger charge is -2.23. The molecule has 2 amide bonds. The topological polar surface area (TPSA) is 92.4 Å². The second kappa shape index (κ2) is 9.07. The molecule has 0 saturated carbocycles. The molecule has 0 unspecified atom stereocenters. The molecule has 7 heteroatoms. The molecule has 26 heavy (non-hydrogen) atoms. The van der Waals surface area contributed by atoms with Gasteiger partial charge in [-0.3, -0.25) is 14.6 Å². The third-order valence-electron chi connectivity index (χ3n) is 4.02. The number of aromatic nitrogens is 1. The predicted octanol–water partition coefficient (Wildman–Crippen LogP) is 1.33. The van der Waals surface area contributed by atoms with E-state index in [-0.39, 0.29) is 24.3 Å². The molecule has 1 fully saturated rings. The minimum absolute atomic E-state index is 0.145. The number of pyridine rings is 1. The molecule has 3 rings (SSSR count). The first-order chi connectivity index (χ1) is 12.7. The molecule has 1 aromatic heterocycles. The maximum Gasteiger partial charge on any atom is 0.253 e. The van der Waals surface area contributed by atoms with Gasteiger partial charge in [0.1, 0.15) is 0 Å². The fraction of sp³-hybridized carbons (Fsp3) is 0.316. The first-order valence-corrected chi connectivity index (χ1v) is 8.61. The summed E-state index contributed by atoms with van der Waals surface area (Å²) in [6.45, 7) is 2.38. The monoisotopic (exact) mass is 354 g/mol. The fourth-order valence-electron chi connectivity index (χ4n) is 2.72. The zero-order chi connectivity index (χ0) is 18.2. The molecule has 7 nitrogen and oxygen atoms in total. The van der Waals surface area contributed by atoms with Crippen LogP contribution in [0.25, 0.3) is 0 Å². The molecule has 1 saturated heterocycles. The van der Waals surface area contributed by atoms with Gasteiger partial charge in [-0.25, -0.2) is 0 Å². The number of hydrogen-bond acceptors (Lipinski definition) is 5. The summed E-state index contributed by atoms with van der Waals surface area (Å²) < 4.78 is 5.54. The van der Waals surface area contributed by atoms with Crippen LogP contribution in [0.1, 0.15) is 22.5 Å². The molecule has 2 aromatic rings. The van der Waals surface area contributed by atoms with Gasteiger partial charge in [-0.1, -0.05) is 18.2 Å². The Hall–Kier alpha value is -2.77. The molecule has 0 spiro atoms. The van der Waals surface area contributed by atoms with Gasteiger partial charge in [0.25, 0.3) is 5.91 Å². The quantitative estimate of drug-likeness (QED) is 0.728. The lowest BCUT2D eigenvalue weighted by Crippen LogP contribution is -2.40. The van der Waals surface area contributed by atoms with E-state index in [1.165, 1.54) is 0 Å². The second-order valence-corrected chi connectivity index (χ2v) is 6.00. The summed E-state index contributed by atoms with van der Waals surface area (Å²) in [5.74, 6) is -0.439. The van der Waals surface area contributed by atoms with E-state index < -0.39 is 0 Å². The smallest absolute Gasteiger partial charge is 0.253 e. The SMILES string of the molecule is O=C(C[C@@H]1CNCCO1)Nc1ccccc1C(=O)NCc1ccccn1. The van der Waals surface area contributed by atoms with E-state index in [0.717, 1.165) is 12.2 Å². The van der Waals surface area contributed by atoms with Crippen molar-refractivity contribution in [3.63, 3.8) is 0 Å². The van der Waals surface area contributed by atoms with E-state index in [2.05, 4.69) is 20.9 Å². The molecule has 3 N–H and O–H groups in total. The van der Waals surface area contributed by atoms with E-state index in [1.807, 2.05) is 18.2 Å². The van der Waals surface area contributed by atoms with Crippen LogP contribution in [-0.4, -0.2) is 42.6 Å². The van der Waals surface area contributed by atoms with E-state index in [0.29, 0.717) is 30.9 Å². The normalized spacial score (nSPS) is 16.7. The highest BCUT2D eigenvalue weighted by Crippen LogP contribution is 2.16. The number of benzene rings is 1. The number of nitrogens with zero attached hydrogens (tertiary/aromatic N) is 1. The number of ether oxygens (including phenoxy) is 1. The Labute approximate surface area is 152 Å². The van der Waals surface area contributed by atoms with Crippen molar-refractivity contribution >= 4 is 17.5 Å². The van der Waals surface area contributed by atoms with Gasteiger partial charge in [0, 0.05) is 19.3 Å². The highest BCUT2D eigenvalue weighted by molar-refractivity contribution is 6.03. The van der Waals surface area contributed by atoms with E-state index in [4.69, 9.17) is 4.74 Å². The molecular formula is C19H22N4O3.